The van der Waals surface area contributed by atoms with Crippen molar-refractivity contribution >= 4 is 5.97 Å². The molecule has 1 fully saturated rings. The van der Waals surface area contributed by atoms with Gasteiger partial charge in [0.2, 0.25) is 0 Å². The van der Waals surface area contributed by atoms with Crippen LogP contribution in [0.5, 0.6) is 0 Å². The van der Waals surface area contributed by atoms with Crippen molar-refractivity contribution in [2.45, 2.75) is 45.4 Å². The van der Waals surface area contributed by atoms with Gasteiger partial charge in [0, 0.05) is 0 Å². The van der Waals surface area contributed by atoms with E-state index >= 15 is 0 Å². The molecule has 6 heteroatoms. The summed E-state index contributed by atoms with van der Waals surface area (Å²) in [6.07, 6.45) is 2.44. The Labute approximate surface area is 93.2 Å². The highest BCUT2D eigenvalue weighted by Crippen LogP contribution is 2.20. The monoisotopic (exact) mass is 225 g/mol. The fraction of sp³-hybridized carbons (Fsp3) is 0.700. The Bertz CT molecular complexity index is 402. The maximum Gasteiger partial charge on any atom is 0.358 e. The average Bonchev–Trinajstić information content (AvgIpc) is 2.76. The molecule has 1 aliphatic heterocycles. The fourth-order valence-electron chi connectivity index (χ4n) is 1.94. The van der Waals surface area contributed by atoms with E-state index in [1.807, 2.05) is 6.92 Å². The van der Waals surface area contributed by atoms with Crippen molar-refractivity contribution in [3.05, 3.63) is 11.4 Å². The number of hydrogen-bond donors (Lipinski definition) is 1. The average molecular weight is 225 g/mol. The molecule has 1 aromatic heterocycles. The van der Waals surface area contributed by atoms with E-state index in [1.165, 1.54) is 0 Å². The number of nitrogens with zero attached hydrogens (tertiary/aromatic N) is 3. The van der Waals surface area contributed by atoms with Gasteiger partial charge >= 0.3 is 5.97 Å². The smallest absolute Gasteiger partial charge is 0.358 e. The molecule has 1 aliphatic rings. The molecule has 2 unspecified atom stereocenters. The lowest BCUT2D eigenvalue weighted by Gasteiger charge is -2.11. The van der Waals surface area contributed by atoms with E-state index in [-0.39, 0.29) is 17.9 Å². The van der Waals surface area contributed by atoms with Crippen molar-refractivity contribution in [3.8, 4) is 0 Å². The Morgan fingerprint density at radius 2 is 2.38 bits per heavy atom. The van der Waals surface area contributed by atoms with Gasteiger partial charge in [-0.3, -0.25) is 0 Å². The fourth-order valence-corrected chi connectivity index (χ4v) is 1.94. The molecule has 1 N–H and O–H groups in total. The molecular weight excluding hydrogens is 210 g/mol. The summed E-state index contributed by atoms with van der Waals surface area (Å²) in [4.78, 5) is 10.8. The molecule has 6 nitrogen and oxygen atoms in total. The zero-order valence-corrected chi connectivity index (χ0v) is 9.38. The number of aromatic nitrogens is 3. The molecule has 0 aromatic carbocycles. The van der Waals surface area contributed by atoms with Crippen LogP contribution < -0.4 is 0 Å². The van der Waals surface area contributed by atoms with Crippen molar-refractivity contribution in [2.75, 3.05) is 0 Å². The van der Waals surface area contributed by atoms with Crippen molar-refractivity contribution in [3.63, 3.8) is 0 Å². The van der Waals surface area contributed by atoms with Crippen LogP contribution in [0, 0.1) is 6.92 Å². The predicted molar refractivity (Wildman–Crippen MR) is 55.3 cm³/mol. The number of ether oxygens (including phenoxy) is 1. The van der Waals surface area contributed by atoms with E-state index in [2.05, 4.69) is 10.3 Å². The summed E-state index contributed by atoms with van der Waals surface area (Å²) in [6.45, 7) is 4.33. The first-order valence-electron chi connectivity index (χ1n) is 5.36. The van der Waals surface area contributed by atoms with Crippen molar-refractivity contribution in [2.24, 2.45) is 0 Å². The molecule has 0 bridgehead atoms. The largest absolute Gasteiger partial charge is 0.476 e. The zero-order chi connectivity index (χ0) is 11.7. The van der Waals surface area contributed by atoms with E-state index in [9.17, 15) is 4.79 Å². The third kappa shape index (κ3) is 2.06. The molecule has 1 aromatic rings. The Morgan fingerprint density at radius 1 is 1.62 bits per heavy atom. The summed E-state index contributed by atoms with van der Waals surface area (Å²) in [5, 5.41) is 16.3. The molecule has 2 atom stereocenters. The molecule has 0 radical (unpaired) electrons. The van der Waals surface area contributed by atoms with E-state index < -0.39 is 5.97 Å². The van der Waals surface area contributed by atoms with Crippen LogP contribution in [0.15, 0.2) is 0 Å². The first kappa shape index (κ1) is 11.1. The summed E-state index contributed by atoms with van der Waals surface area (Å²) < 4.78 is 7.26. The number of rotatable bonds is 3. The Morgan fingerprint density at radius 3 is 2.88 bits per heavy atom. The maximum atomic E-state index is 10.8. The van der Waals surface area contributed by atoms with Gasteiger partial charge in [-0.25, -0.2) is 9.48 Å². The van der Waals surface area contributed by atoms with E-state index in [0.717, 1.165) is 12.8 Å². The van der Waals surface area contributed by atoms with Crippen LogP contribution in [-0.4, -0.2) is 38.3 Å². The quantitative estimate of drug-likeness (QED) is 0.825. The first-order valence-corrected chi connectivity index (χ1v) is 5.36. The van der Waals surface area contributed by atoms with Crippen LogP contribution in [-0.2, 0) is 11.3 Å². The summed E-state index contributed by atoms with van der Waals surface area (Å²) in [5.74, 6) is -1.04. The lowest BCUT2D eigenvalue weighted by molar-refractivity contribution is 0.0429. The topological polar surface area (TPSA) is 77.2 Å². The van der Waals surface area contributed by atoms with Gasteiger partial charge in [-0.15, -0.1) is 5.10 Å². The van der Waals surface area contributed by atoms with Crippen LogP contribution >= 0.6 is 0 Å². The highest BCUT2D eigenvalue weighted by atomic mass is 16.5. The summed E-state index contributed by atoms with van der Waals surface area (Å²) in [6, 6.07) is 0. The summed E-state index contributed by atoms with van der Waals surface area (Å²) >= 11 is 0. The number of carboxylic acids is 1. The number of hydrogen-bond acceptors (Lipinski definition) is 4. The van der Waals surface area contributed by atoms with Gasteiger partial charge in [0.1, 0.15) is 0 Å². The van der Waals surface area contributed by atoms with E-state index in [1.54, 1.807) is 11.6 Å². The lowest BCUT2D eigenvalue weighted by Crippen LogP contribution is -2.18. The first-order chi connectivity index (χ1) is 7.58. The Hall–Kier alpha value is -1.43. The number of aromatic carboxylic acids is 1. The second-order valence-corrected chi connectivity index (χ2v) is 4.16. The second-order valence-electron chi connectivity index (χ2n) is 4.16. The number of carbonyl (C=O) groups is 1. The van der Waals surface area contributed by atoms with Gasteiger partial charge in [-0.1, -0.05) is 5.21 Å². The zero-order valence-electron chi connectivity index (χ0n) is 9.38. The lowest BCUT2D eigenvalue weighted by atomic mass is 10.2. The van der Waals surface area contributed by atoms with Crippen LogP contribution in [0.2, 0.25) is 0 Å². The van der Waals surface area contributed by atoms with E-state index in [4.69, 9.17) is 9.84 Å². The third-order valence-corrected chi connectivity index (χ3v) is 2.88. The molecule has 0 amide bonds. The Balaban J connectivity index is 2.07. The van der Waals surface area contributed by atoms with Crippen molar-refractivity contribution < 1.29 is 14.6 Å². The molecule has 2 heterocycles. The van der Waals surface area contributed by atoms with Gasteiger partial charge in [0.25, 0.3) is 0 Å². The van der Waals surface area contributed by atoms with Crippen molar-refractivity contribution in [1.82, 2.24) is 15.0 Å². The van der Waals surface area contributed by atoms with Gasteiger partial charge < -0.3 is 9.84 Å². The molecule has 0 aliphatic carbocycles. The molecular formula is C10H15N3O3. The van der Waals surface area contributed by atoms with Crippen molar-refractivity contribution in [1.29, 1.82) is 0 Å². The van der Waals surface area contributed by atoms with Gasteiger partial charge in [0.15, 0.2) is 5.69 Å². The molecule has 1 saturated heterocycles. The standard InChI is InChI=1S/C10H15N3O3/c1-6-3-4-8(16-6)5-13-7(2)9(10(14)15)11-12-13/h6,8H,3-5H2,1-2H3,(H,14,15). The van der Waals surface area contributed by atoms with E-state index in [0.29, 0.717) is 12.2 Å². The van der Waals surface area contributed by atoms with Crippen LogP contribution in [0.25, 0.3) is 0 Å². The molecule has 0 saturated carbocycles. The summed E-state index contributed by atoms with van der Waals surface area (Å²) in [5.41, 5.74) is 0.599. The SMILES string of the molecule is Cc1c(C(=O)O)nnn1CC1CCC(C)O1. The Kier molecular flexibility index (Phi) is 2.91. The van der Waals surface area contributed by atoms with Crippen LogP contribution in [0.4, 0.5) is 0 Å². The molecule has 2 rings (SSSR count). The minimum atomic E-state index is -1.04. The highest BCUT2D eigenvalue weighted by molar-refractivity contribution is 5.86. The normalized spacial score (nSPS) is 24.9. The minimum Gasteiger partial charge on any atom is -0.476 e. The third-order valence-electron chi connectivity index (χ3n) is 2.88. The van der Waals surface area contributed by atoms with Gasteiger partial charge in [-0.2, -0.15) is 0 Å². The predicted octanol–water partition coefficient (Wildman–Crippen LogP) is 0.852. The van der Waals surface area contributed by atoms with Crippen LogP contribution in [0.1, 0.15) is 35.9 Å². The molecule has 16 heavy (non-hydrogen) atoms. The number of carboxylic acid groups (broad SMARTS) is 1. The minimum absolute atomic E-state index is 0.0195. The highest BCUT2D eigenvalue weighted by Gasteiger charge is 2.24. The summed E-state index contributed by atoms with van der Waals surface area (Å²) in [7, 11) is 0. The van der Waals surface area contributed by atoms with Crippen LogP contribution in [0.3, 0.4) is 0 Å². The van der Waals surface area contributed by atoms with Gasteiger partial charge in [0.05, 0.1) is 24.4 Å². The van der Waals surface area contributed by atoms with Gasteiger partial charge in [-0.05, 0) is 26.7 Å². The molecule has 0 spiro atoms. The maximum absolute atomic E-state index is 10.8. The second kappa shape index (κ2) is 4.21. The molecule has 88 valence electrons.